The lowest BCUT2D eigenvalue weighted by atomic mass is 9.99. The Bertz CT molecular complexity index is 1450. The number of ether oxygens (including phenoxy) is 4. The topological polar surface area (TPSA) is 178 Å². The van der Waals surface area contributed by atoms with E-state index in [1.807, 2.05) is 0 Å². The predicted octanol–water partition coefficient (Wildman–Crippen LogP) is 11.2. The van der Waals surface area contributed by atoms with Crippen LogP contribution in [0.1, 0.15) is 174 Å². The molecule has 6 unspecified atom stereocenters. The van der Waals surface area contributed by atoms with Crippen LogP contribution in [0.3, 0.4) is 0 Å². The highest BCUT2D eigenvalue weighted by Gasteiger charge is 2.48. The lowest BCUT2D eigenvalue weighted by Gasteiger charge is -2.41. The van der Waals surface area contributed by atoms with E-state index in [0.717, 1.165) is 83.5 Å². The van der Waals surface area contributed by atoms with E-state index in [1.165, 1.54) is 64.2 Å². The van der Waals surface area contributed by atoms with Crippen molar-refractivity contribution in [2.24, 2.45) is 0 Å². The van der Waals surface area contributed by atoms with Gasteiger partial charge in [-0.25, -0.2) is 4.18 Å². The third-order valence-corrected chi connectivity index (χ3v) is 11.2. The Morgan fingerprint density at radius 1 is 0.600 bits per heavy atom. The molecule has 1 heterocycles. The molecule has 0 bridgehead atoms. The van der Waals surface area contributed by atoms with Gasteiger partial charge in [0, 0.05) is 13.0 Å². The van der Waals surface area contributed by atoms with Crippen molar-refractivity contribution in [2.45, 2.75) is 211 Å². The van der Waals surface area contributed by atoms with Gasteiger partial charge in [-0.15, -0.1) is 0 Å². The Kier molecular flexibility index (Phi) is 39.5. The average Bonchev–Trinajstić information content (AvgIpc) is 3.28. The first-order valence-corrected chi connectivity index (χ1v) is 26.2. The number of hydrogen-bond donors (Lipinski definition) is 4. The van der Waals surface area contributed by atoms with E-state index in [4.69, 9.17) is 18.9 Å². The standard InChI is InChI=1S/C52H88O12S/c1-3-5-7-9-11-13-15-17-18-19-20-21-22-23-24-25-26-27-28-29-31-33-35-37-39-41-48(54)62-46(44-60-42-40-38-36-34-32-30-16-14-12-10-8-6-4-2)45-61-52-50(56)51(64-65(57,58)59)49(55)47(43-53)63-52/h5,7,11,13,17-18,20-21,23-24,26-27,29,31,46-47,49-53,55-56H,3-4,6,8-10,12,14-16,19,22,25,28,30,32-45H2,1-2H3,(H,57,58,59)/b7-5-,13-11-,18-17-,21-20-,24-23-,27-26-,31-29-. The van der Waals surface area contributed by atoms with Gasteiger partial charge in [0.2, 0.25) is 0 Å². The number of rotatable bonds is 42. The van der Waals surface area contributed by atoms with Crippen molar-refractivity contribution in [3.05, 3.63) is 85.1 Å². The van der Waals surface area contributed by atoms with Crippen molar-refractivity contribution < 1.29 is 56.2 Å². The van der Waals surface area contributed by atoms with Crippen LogP contribution in [0.4, 0.5) is 0 Å². The van der Waals surface area contributed by atoms with E-state index < -0.39 is 59.8 Å². The summed E-state index contributed by atoms with van der Waals surface area (Å²) < 4.78 is 59.1. The first-order chi connectivity index (χ1) is 31.6. The predicted molar refractivity (Wildman–Crippen MR) is 262 cm³/mol. The molecule has 1 fully saturated rings. The molecule has 0 aromatic heterocycles. The van der Waals surface area contributed by atoms with Crippen molar-refractivity contribution >= 4 is 16.4 Å². The number of carbonyl (C=O) groups excluding carboxylic acids is 1. The van der Waals surface area contributed by atoms with Gasteiger partial charge in [0.1, 0.15) is 30.5 Å². The molecule has 13 heteroatoms. The molecule has 0 saturated carbocycles. The highest BCUT2D eigenvalue weighted by molar-refractivity contribution is 7.80. The molecular weight excluding hydrogens is 849 g/mol. The molecule has 12 nitrogen and oxygen atoms in total. The largest absolute Gasteiger partial charge is 0.457 e. The highest BCUT2D eigenvalue weighted by atomic mass is 32.3. The molecule has 1 aliphatic rings. The lowest BCUT2D eigenvalue weighted by Crippen LogP contribution is -2.60. The zero-order valence-corrected chi connectivity index (χ0v) is 40.8. The van der Waals surface area contributed by atoms with Crippen LogP contribution in [0, 0.1) is 0 Å². The maximum Gasteiger partial charge on any atom is 0.397 e. The summed E-state index contributed by atoms with van der Waals surface area (Å²) in [7, 11) is -5.07. The fourth-order valence-electron chi connectivity index (χ4n) is 7.06. The number of hydrogen-bond acceptors (Lipinski definition) is 11. The van der Waals surface area contributed by atoms with Gasteiger partial charge in [0.25, 0.3) is 0 Å². The quantitative estimate of drug-likeness (QED) is 0.0197. The van der Waals surface area contributed by atoms with Gasteiger partial charge >= 0.3 is 16.4 Å². The monoisotopic (exact) mass is 937 g/mol. The molecule has 4 N–H and O–H groups in total. The Balaban J connectivity index is 2.40. The summed E-state index contributed by atoms with van der Waals surface area (Å²) in [5, 5.41) is 30.7. The molecule has 0 spiro atoms. The summed E-state index contributed by atoms with van der Waals surface area (Å²) in [5.74, 6) is -0.433. The highest BCUT2D eigenvalue weighted by Crippen LogP contribution is 2.26. The van der Waals surface area contributed by atoms with E-state index in [1.54, 1.807) is 0 Å². The van der Waals surface area contributed by atoms with Crippen molar-refractivity contribution in [2.75, 3.05) is 26.4 Å². The summed E-state index contributed by atoms with van der Waals surface area (Å²) in [6, 6.07) is 0. The van der Waals surface area contributed by atoms with Crippen LogP contribution in [0.2, 0.25) is 0 Å². The molecular formula is C52H88O12S. The number of carbonyl (C=O) groups is 1. The van der Waals surface area contributed by atoms with Crippen LogP contribution in [-0.2, 0) is 38.3 Å². The summed E-state index contributed by atoms with van der Waals surface area (Å²) in [6.07, 6.45) is 47.6. The lowest BCUT2D eigenvalue weighted by molar-refractivity contribution is -0.301. The van der Waals surface area contributed by atoms with Gasteiger partial charge in [0.05, 0.1) is 19.8 Å². The fraction of sp³-hybridized carbons (Fsp3) is 0.712. The molecule has 0 aliphatic carbocycles. The van der Waals surface area contributed by atoms with Crippen LogP contribution in [0.15, 0.2) is 85.1 Å². The molecule has 1 saturated heterocycles. The second-order valence-corrected chi connectivity index (χ2v) is 17.7. The van der Waals surface area contributed by atoms with Gasteiger partial charge in [0.15, 0.2) is 6.29 Å². The van der Waals surface area contributed by atoms with E-state index in [2.05, 4.69) is 103 Å². The maximum absolute atomic E-state index is 12.9. The van der Waals surface area contributed by atoms with Crippen LogP contribution in [-0.4, -0.2) is 97.5 Å². The molecule has 1 rings (SSSR count). The molecule has 0 aromatic carbocycles. The smallest absolute Gasteiger partial charge is 0.397 e. The maximum atomic E-state index is 12.9. The van der Waals surface area contributed by atoms with Crippen LogP contribution >= 0.6 is 0 Å². The summed E-state index contributed by atoms with van der Waals surface area (Å²) in [6.45, 7) is 3.83. The number of aliphatic hydroxyl groups excluding tert-OH is 3. The fourth-order valence-corrected chi connectivity index (χ4v) is 7.57. The van der Waals surface area contributed by atoms with Crippen LogP contribution in [0.25, 0.3) is 0 Å². The number of allylic oxidation sites excluding steroid dienone is 14. The van der Waals surface area contributed by atoms with E-state index in [0.29, 0.717) is 13.0 Å². The summed E-state index contributed by atoms with van der Waals surface area (Å²) in [4.78, 5) is 12.9. The normalized spacial score (nSPS) is 20.4. The SMILES string of the molecule is CC/C=C\C/C=C\C/C=C\C/C=C\C/C=C\C/C=C\C/C=C\CCCCCC(=O)OC(COCCCCCCCCCCCCCCC)COC1OC(CO)C(O)C(OS(=O)(=O)O)C1O. The second-order valence-electron chi connectivity index (χ2n) is 16.7. The van der Waals surface area contributed by atoms with Gasteiger partial charge in [-0.2, -0.15) is 8.42 Å². The van der Waals surface area contributed by atoms with Crippen molar-refractivity contribution in [3.63, 3.8) is 0 Å². The van der Waals surface area contributed by atoms with E-state index in [9.17, 15) is 33.1 Å². The average molecular weight is 937 g/mol. The summed E-state index contributed by atoms with van der Waals surface area (Å²) >= 11 is 0. The Labute approximate surface area is 393 Å². The second kappa shape index (κ2) is 42.6. The Hall–Kier alpha value is -2.72. The molecule has 0 amide bonds. The zero-order valence-electron chi connectivity index (χ0n) is 40.0. The molecule has 0 radical (unpaired) electrons. The molecule has 374 valence electrons. The van der Waals surface area contributed by atoms with Gasteiger partial charge in [-0.05, 0) is 70.6 Å². The van der Waals surface area contributed by atoms with Gasteiger partial charge in [-0.1, -0.05) is 182 Å². The Morgan fingerprint density at radius 2 is 1.06 bits per heavy atom. The van der Waals surface area contributed by atoms with Gasteiger partial charge in [-0.3, -0.25) is 9.35 Å². The van der Waals surface area contributed by atoms with Crippen molar-refractivity contribution in [1.29, 1.82) is 0 Å². The Morgan fingerprint density at radius 3 is 1.54 bits per heavy atom. The molecule has 6 atom stereocenters. The minimum atomic E-state index is -5.07. The molecule has 65 heavy (non-hydrogen) atoms. The number of esters is 1. The van der Waals surface area contributed by atoms with Crippen molar-refractivity contribution in [1.82, 2.24) is 0 Å². The molecule has 1 aliphatic heterocycles. The summed E-state index contributed by atoms with van der Waals surface area (Å²) in [5.41, 5.74) is 0. The van der Waals surface area contributed by atoms with Crippen LogP contribution in [0.5, 0.6) is 0 Å². The molecule has 0 aromatic rings. The number of aliphatic hydroxyl groups is 3. The van der Waals surface area contributed by atoms with E-state index >= 15 is 0 Å². The van der Waals surface area contributed by atoms with E-state index in [-0.39, 0.29) is 19.6 Å². The number of unbranched alkanes of at least 4 members (excludes halogenated alkanes) is 15. The first-order valence-electron chi connectivity index (χ1n) is 24.8. The van der Waals surface area contributed by atoms with Crippen LogP contribution < -0.4 is 0 Å². The minimum Gasteiger partial charge on any atom is -0.457 e. The third kappa shape index (κ3) is 36.1. The van der Waals surface area contributed by atoms with Crippen molar-refractivity contribution in [3.8, 4) is 0 Å². The zero-order chi connectivity index (χ0) is 47.5. The first kappa shape index (κ1) is 60.3. The van der Waals surface area contributed by atoms with Gasteiger partial charge < -0.3 is 34.3 Å². The third-order valence-electron chi connectivity index (χ3n) is 10.8. The minimum absolute atomic E-state index is 0.0192.